The predicted molar refractivity (Wildman–Crippen MR) is 77.9 cm³/mol. The van der Waals surface area contributed by atoms with E-state index in [0.717, 1.165) is 11.4 Å². The van der Waals surface area contributed by atoms with E-state index < -0.39 is 6.10 Å². The molecule has 0 spiro atoms. The Bertz CT molecular complexity index is 432. The maximum atomic E-state index is 9.84. The Labute approximate surface area is 119 Å². The van der Waals surface area contributed by atoms with Gasteiger partial charge in [0.1, 0.15) is 0 Å². The molecule has 106 valence electrons. The fourth-order valence-corrected chi connectivity index (χ4v) is 1.81. The van der Waals surface area contributed by atoms with Gasteiger partial charge in [0.05, 0.1) is 17.5 Å². The van der Waals surface area contributed by atoms with E-state index in [0.29, 0.717) is 26.2 Å². The Morgan fingerprint density at radius 1 is 0.850 bits per heavy atom. The third-order valence-corrected chi connectivity index (χ3v) is 2.82. The summed E-state index contributed by atoms with van der Waals surface area (Å²) in [4.78, 5) is 8.42. The van der Waals surface area contributed by atoms with Crippen molar-refractivity contribution in [2.45, 2.75) is 19.2 Å². The SMILES string of the molecule is OC(CNCc1ccccn1)CNCc1ccccn1. The quantitative estimate of drug-likeness (QED) is 0.660. The maximum Gasteiger partial charge on any atom is 0.0788 e. The van der Waals surface area contributed by atoms with E-state index in [1.54, 1.807) is 12.4 Å². The van der Waals surface area contributed by atoms with Gasteiger partial charge in [-0.15, -0.1) is 0 Å². The number of nitrogens with zero attached hydrogens (tertiary/aromatic N) is 2. The van der Waals surface area contributed by atoms with Crippen LogP contribution in [0.5, 0.6) is 0 Å². The Kier molecular flexibility index (Phi) is 6.10. The van der Waals surface area contributed by atoms with Crippen molar-refractivity contribution in [1.29, 1.82) is 0 Å². The highest BCUT2D eigenvalue weighted by Gasteiger charge is 2.03. The number of hydrogen-bond acceptors (Lipinski definition) is 5. The lowest BCUT2D eigenvalue weighted by atomic mass is 10.3. The van der Waals surface area contributed by atoms with Gasteiger partial charge in [-0.25, -0.2) is 0 Å². The topological polar surface area (TPSA) is 70.1 Å². The minimum absolute atomic E-state index is 0.428. The molecule has 0 saturated heterocycles. The third kappa shape index (κ3) is 5.44. The molecule has 2 aromatic heterocycles. The van der Waals surface area contributed by atoms with Crippen molar-refractivity contribution in [2.24, 2.45) is 0 Å². The second-order valence-corrected chi connectivity index (χ2v) is 4.56. The monoisotopic (exact) mass is 272 g/mol. The zero-order chi connectivity index (χ0) is 14.0. The molecule has 2 rings (SSSR count). The fraction of sp³-hybridized carbons (Fsp3) is 0.333. The summed E-state index contributed by atoms with van der Waals surface area (Å²) in [5, 5.41) is 16.2. The smallest absolute Gasteiger partial charge is 0.0788 e. The molecule has 0 radical (unpaired) electrons. The van der Waals surface area contributed by atoms with E-state index in [9.17, 15) is 5.11 Å². The van der Waals surface area contributed by atoms with Crippen LogP contribution in [0.4, 0.5) is 0 Å². The van der Waals surface area contributed by atoms with Crippen molar-refractivity contribution in [2.75, 3.05) is 13.1 Å². The predicted octanol–water partition coefficient (Wildman–Crippen LogP) is 0.717. The fourth-order valence-electron chi connectivity index (χ4n) is 1.81. The van der Waals surface area contributed by atoms with Crippen LogP contribution < -0.4 is 10.6 Å². The molecule has 0 aliphatic heterocycles. The first-order valence-corrected chi connectivity index (χ1v) is 6.74. The van der Waals surface area contributed by atoms with Crippen LogP contribution in [0.15, 0.2) is 48.8 Å². The summed E-state index contributed by atoms with van der Waals surface area (Å²) in [6.07, 6.45) is 3.10. The first kappa shape index (κ1) is 14.6. The van der Waals surface area contributed by atoms with E-state index in [1.165, 1.54) is 0 Å². The molecule has 0 aliphatic rings. The van der Waals surface area contributed by atoms with Crippen LogP contribution in [-0.4, -0.2) is 34.3 Å². The van der Waals surface area contributed by atoms with E-state index in [-0.39, 0.29) is 0 Å². The highest BCUT2D eigenvalue weighted by atomic mass is 16.3. The normalized spacial score (nSPS) is 10.9. The molecule has 0 amide bonds. The molecule has 0 aliphatic carbocycles. The number of hydrogen-bond donors (Lipinski definition) is 3. The standard InChI is InChI=1S/C15H20N4O/c20-15(11-16-9-13-5-1-3-7-18-13)12-17-10-14-6-2-4-8-19-14/h1-8,15-17,20H,9-12H2. The number of aromatic nitrogens is 2. The first-order chi connectivity index (χ1) is 9.84. The third-order valence-electron chi connectivity index (χ3n) is 2.82. The summed E-state index contributed by atoms with van der Waals surface area (Å²) in [5.74, 6) is 0. The lowest BCUT2D eigenvalue weighted by molar-refractivity contribution is 0.167. The minimum atomic E-state index is -0.428. The van der Waals surface area contributed by atoms with Gasteiger partial charge >= 0.3 is 0 Å². The number of pyridine rings is 2. The summed E-state index contributed by atoms with van der Waals surface area (Å²) in [7, 11) is 0. The molecule has 3 N–H and O–H groups in total. The van der Waals surface area contributed by atoms with Crippen molar-refractivity contribution in [3.05, 3.63) is 60.2 Å². The van der Waals surface area contributed by atoms with Crippen molar-refractivity contribution in [1.82, 2.24) is 20.6 Å². The van der Waals surface area contributed by atoms with E-state index in [4.69, 9.17) is 0 Å². The zero-order valence-electron chi connectivity index (χ0n) is 11.4. The second kappa shape index (κ2) is 8.37. The highest BCUT2D eigenvalue weighted by molar-refractivity contribution is 5.03. The van der Waals surface area contributed by atoms with Crippen LogP contribution in [0, 0.1) is 0 Å². The van der Waals surface area contributed by atoms with E-state index >= 15 is 0 Å². The molecule has 0 fully saturated rings. The summed E-state index contributed by atoms with van der Waals surface area (Å²) in [5.41, 5.74) is 1.95. The molecule has 20 heavy (non-hydrogen) atoms. The Balaban J connectivity index is 1.58. The van der Waals surface area contributed by atoms with Crippen LogP contribution in [0.25, 0.3) is 0 Å². The van der Waals surface area contributed by atoms with Crippen molar-refractivity contribution in [3.8, 4) is 0 Å². The average Bonchev–Trinajstić information content (AvgIpc) is 2.49. The molecule has 5 heteroatoms. The number of rotatable bonds is 8. The van der Waals surface area contributed by atoms with Crippen LogP contribution >= 0.6 is 0 Å². The molecule has 2 aromatic rings. The van der Waals surface area contributed by atoms with Crippen LogP contribution in [-0.2, 0) is 13.1 Å². The summed E-state index contributed by atoms with van der Waals surface area (Å²) in [6.45, 7) is 2.40. The lowest BCUT2D eigenvalue weighted by Gasteiger charge is -2.12. The van der Waals surface area contributed by atoms with Gasteiger partial charge in [-0.05, 0) is 24.3 Å². The summed E-state index contributed by atoms with van der Waals surface area (Å²) in [6, 6.07) is 11.6. The molecule has 2 heterocycles. The van der Waals surface area contributed by atoms with Gasteiger partial charge in [-0.2, -0.15) is 0 Å². The summed E-state index contributed by atoms with van der Waals surface area (Å²) >= 11 is 0. The van der Waals surface area contributed by atoms with Crippen molar-refractivity contribution < 1.29 is 5.11 Å². The highest BCUT2D eigenvalue weighted by Crippen LogP contribution is 1.93. The number of nitrogens with one attached hydrogen (secondary N) is 2. The average molecular weight is 272 g/mol. The van der Waals surface area contributed by atoms with E-state index in [2.05, 4.69) is 20.6 Å². The van der Waals surface area contributed by atoms with E-state index in [1.807, 2.05) is 36.4 Å². The number of aliphatic hydroxyl groups excluding tert-OH is 1. The first-order valence-electron chi connectivity index (χ1n) is 6.74. The van der Waals surface area contributed by atoms with Gasteiger partial charge in [0, 0.05) is 38.6 Å². The Morgan fingerprint density at radius 3 is 1.75 bits per heavy atom. The molecular weight excluding hydrogens is 252 g/mol. The largest absolute Gasteiger partial charge is 0.390 e. The van der Waals surface area contributed by atoms with Gasteiger partial charge in [0.25, 0.3) is 0 Å². The molecule has 0 atom stereocenters. The molecule has 0 saturated carbocycles. The van der Waals surface area contributed by atoms with Gasteiger partial charge in [-0.1, -0.05) is 12.1 Å². The molecule has 0 unspecified atom stereocenters. The zero-order valence-corrected chi connectivity index (χ0v) is 11.4. The van der Waals surface area contributed by atoms with Crippen molar-refractivity contribution in [3.63, 3.8) is 0 Å². The molecule has 5 nitrogen and oxygen atoms in total. The van der Waals surface area contributed by atoms with Crippen LogP contribution in [0.2, 0.25) is 0 Å². The molecule has 0 aromatic carbocycles. The van der Waals surface area contributed by atoms with Gasteiger partial charge in [-0.3, -0.25) is 9.97 Å². The molecule has 0 bridgehead atoms. The van der Waals surface area contributed by atoms with Gasteiger partial charge in [0.2, 0.25) is 0 Å². The number of aliphatic hydroxyl groups is 1. The van der Waals surface area contributed by atoms with Gasteiger partial charge in [0.15, 0.2) is 0 Å². The minimum Gasteiger partial charge on any atom is -0.390 e. The second-order valence-electron chi connectivity index (χ2n) is 4.56. The van der Waals surface area contributed by atoms with Crippen LogP contribution in [0.1, 0.15) is 11.4 Å². The Morgan fingerprint density at radius 2 is 1.35 bits per heavy atom. The molecular formula is C15H20N4O. The lowest BCUT2D eigenvalue weighted by Crippen LogP contribution is -2.35. The van der Waals surface area contributed by atoms with Crippen molar-refractivity contribution >= 4 is 0 Å². The Hall–Kier alpha value is -1.82. The van der Waals surface area contributed by atoms with Crippen LogP contribution in [0.3, 0.4) is 0 Å². The summed E-state index contributed by atoms with van der Waals surface area (Å²) < 4.78 is 0. The van der Waals surface area contributed by atoms with Gasteiger partial charge < -0.3 is 15.7 Å². The maximum absolute atomic E-state index is 9.84.